The third-order valence-electron chi connectivity index (χ3n) is 5.16. The van der Waals surface area contributed by atoms with Crippen LogP contribution in [0.3, 0.4) is 0 Å². The van der Waals surface area contributed by atoms with Gasteiger partial charge in [0.05, 0.1) is 36.1 Å². The van der Waals surface area contributed by atoms with Crippen LogP contribution in [0.1, 0.15) is 22.3 Å². The van der Waals surface area contributed by atoms with Crippen LogP contribution in [0.4, 0.5) is 5.69 Å². The van der Waals surface area contributed by atoms with E-state index in [0.29, 0.717) is 47.3 Å². The van der Waals surface area contributed by atoms with Crippen LogP contribution in [0.2, 0.25) is 5.02 Å². The van der Waals surface area contributed by atoms with Crippen molar-refractivity contribution in [3.8, 4) is 5.75 Å². The maximum Gasteiger partial charge on any atom is 0.328 e. The summed E-state index contributed by atoms with van der Waals surface area (Å²) in [4.78, 5) is 34.0. The second kappa shape index (κ2) is 14.7. The minimum atomic E-state index is -1.26. The maximum absolute atomic E-state index is 12.5. The maximum atomic E-state index is 12.5. The number of hydrogen-bond donors (Lipinski definition) is 4. The minimum absolute atomic E-state index is 0.0923. The molecule has 0 aromatic heterocycles. The molecule has 194 valence electrons. The smallest absolute Gasteiger partial charge is 0.328 e. The molecule has 11 heteroatoms. The summed E-state index contributed by atoms with van der Waals surface area (Å²) in [5, 5.41) is 18.9. The molecule has 0 radical (unpaired) electrons. The SMILES string of the molecule is COc1cc(N)c(Cl)cc1C(=O)NCCC1CN(Cc2ccccc2)CCO1.O=C(O)/C=C/C(=O)O. The molecule has 1 unspecified atom stereocenters. The first-order chi connectivity index (χ1) is 17.2. The Morgan fingerprint density at radius 2 is 1.86 bits per heavy atom. The first kappa shape index (κ1) is 28.6. The molecule has 0 bridgehead atoms. The number of benzene rings is 2. The Morgan fingerprint density at radius 3 is 2.47 bits per heavy atom. The van der Waals surface area contributed by atoms with Crippen LogP contribution in [-0.2, 0) is 20.9 Å². The van der Waals surface area contributed by atoms with Gasteiger partial charge in [-0.05, 0) is 18.1 Å². The van der Waals surface area contributed by atoms with Crippen LogP contribution in [0, 0.1) is 0 Å². The number of rotatable bonds is 9. The summed E-state index contributed by atoms with van der Waals surface area (Å²) in [6, 6.07) is 13.5. The lowest BCUT2D eigenvalue weighted by Crippen LogP contribution is -2.43. The number of carbonyl (C=O) groups excluding carboxylic acids is 1. The first-order valence-electron chi connectivity index (χ1n) is 11.1. The van der Waals surface area contributed by atoms with Gasteiger partial charge in [-0.25, -0.2) is 9.59 Å². The summed E-state index contributed by atoms with van der Waals surface area (Å²) in [6.45, 7) is 3.88. The van der Waals surface area contributed by atoms with E-state index < -0.39 is 11.9 Å². The quantitative estimate of drug-likeness (QED) is 0.289. The molecule has 1 fully saturated rings. The third-order valence-corrected chi connectivity index (χ3v) is 5.48. The number of carboxylic acid groups (broad SMARTS) is 2. The first-order valence-corrected chi connectivity index (χ1v) is 11.5. The number of nitrogens with zero attached hydrogens (tertiary/aromatic N) is 1. The predicted molar refractivity (Wildman–Crippen MR) is 135 cm³/mol. The van der Waals surface area contributed by atoms with Gasteiger partial charge in [0.25, 0.3) is 5.91 Å². The zero-order valence-corrected chi connectivity index (χ0v) is 20.6. The summed E-state index contributed by atoms with van der Waals surface area (Å²) in [5.41, 5.74) is 7.81. The lowest BCUT2D eigenvalue weighted by Gasteiger charge is -2.33. The number of methoxy groups -OCH3 is 1. The number of halogens is 1. The van der Waals surface area contributed by atoms with E-state index in [2.05, 4.69) is 34.5 Å². The predicted octanol–water partition coefficient (Wildman–Crippen LogP) is 2.66. The summed E-state index contributed by atoms with van der Waals surface area (Å²) >= 11 is 6.04. The van der Waals surface area contributed by atoms with Crippen molar-refractivity contribution in [1.82, 2.24) is 10.2 Å². The van der Waals surface area contributed by atoms with Gasteiger partial charge in [0, 0.05) is 44.4 Å². The van der Waals surface area contributed by atoms with Crippen molar-refractivity contribution in [3.63, 3.8) is 0 Å². The van der Waals surface area contributed by atoms with E-state index in [1.807, 2.05) is 6.07 Å². The summed E-state index contributed by atoms with van der Waals surface area (Å²) in [5.74, 6) is -2.35. The van der Waals surface area contributed by atoms with Crippen molar-refractivity contribution < 1.29 is 34.1 Å². The number of nitrogen functional groups attached to an aromatic ring is 1. The van der Waals surface area contributed by atoms with Gasteiger partial charge in [0.2, 0.25) is 0 Å². The number of nitrogens with two attached hydrogens (primary N) is 1. The number of ether oxygens (including phenoxy) is 2. The number of aliphatic carboxylic acids is 2. The van der Waals surface area contributed by atoms with E-state index in [1.165, 1.54) is 18.7 Å². The molecule has 1 atom stereocenters. The molecule has 0 spiro atoms. The van der Waals surface area contributed by atoms with Gasteiger partial charge >= 0.3 is 11.9 Å². The van der Waals surface area contributed by atoms with E-state index in [4.69, 9.17) is 37.0 Å². The second-order valence-corrected chi connectivity index (χ2v) is 8.25. The Bertz CT molecular complexity index is 1050. The van der Waals surface area contributed by atoms with Crippen molar-refractivity contribution >= 4 is 35.1 Å². The highest BCUT2D eigenvalue weighted by molar-refractivity contribution is 6.33. The lowest BCUT2D eigenvalue weighted by molar-refractivity contribution is -0.134. The number of anilines is 1. The normalized spacial score (nSPS) is 15.6. The fourth-order valence-electron chi connectivity index (χ4n) is 3.44. The standard InChI is InChI=1S/C21H26ClN3O3.C4H4O4/c1-27-20-12-19(23)18(22)11-17(20)21(26)24-8-7-16-14-25(9-10-28-16)13-15-5-3-2-4-6-15;5-3(6)1-2-4(7)8/h2-6,11-12,16H,7-10,13-14,23H2,1H3,(H,24,26);1-2H,(H,5,6)(H,7,8)/b;2-1+. The molecule has 1 heterocycles. The zero-order chi connectivity index (χ0) is 26.5. The van der Waals surface area contributed by atoms with E-state index in [0.717, 1.165) is 26.1 Å². The number of carbonyl (C=O) groups is 3. The van der Waals surface area contributed by atoms with Crippen LogP contribution in [-0.4, -0.2) is 72.4 Å². The van der Waals surface area contributed by atoms with E-state index in [9.17, 15) is 14.4 Å². The zero-order valence-electron chi connectivity index (χ0n) is 19.9. The van der Waals surface area contributed by atoms with Gasteiger partial charge in [-0.1, -0.05) is 41.9 Å². The molecular formula is C25H30ClN3O7. The molecule has 1 saturated heterocycles. The van der Waals surface area contributed by atoms with Crippen LogP contribution in [0.15, 0.2) is 54.6 Å². The minimum Gasteiger partial charge on any atom is -0.496 e. The van der Waals surface area contributed by atoms with Crippen LogP contribution in [0.5, 0.6) is 5.75 Å². The van der Waals surface area contributed by atoms with Crippen molar-refractivity contribution in [2.45, 2.75) is 19.1 Å². The third kappa shape index (κ3) is 9.95. The number of nitrogens with one attached hydrogen (secondary N) is 1. The van der Waals surface area contributed by atoms with Gasteiger partial charge in [-0.3, -0.25) is 9.69 Å². The van der Waals surface area contributed by atoms with Crippen LogP contribution >= 0.6 is 11.6 Å². The molecule has 2 aromatic rings. The van der Waals surface area contributed by atoms with Crippen LogP contribution in [0.25, 0.3) is 0 Å². The molecule has 10 nitrogen and oxygen atoms in total. The fourth-order valence-corrected chi connectivity index (χ4v) is 3.60. The largest absolute Gasteiger partial charge is 0.496 e. The van der Waals surface area contributed by atoms with Crippen molar-refractivity contribution in [1.29, 1.82) is 0 Å². The topological polar surface area (TPSA) is 151 Å². The molecule has 0 aliphatic carbocycles. The molecule has 2 aromatic carbocycles. The lowest BCUT2D eigenvalue weighted by atomic mass is 10.1. The van der Waals surface area contributed by atoms with Gasteiger partial charge in [0.1, 0.15) is 5.75 Å². The molecular weight excluding hydrogens is 490 g/mol. The van der Waals surface area contributed by atoms with Crippen molar-refractivity contribution in [2.75, 3.05) is 39.1 Å². The number of amides is 1. The Morgan fingerprint density at radius 1 is 1.19 bits per heavy atom. The molecule has 1 amide bonds. The van der Waals surface area contributed by atoms with Gasteiger partial charge in [0.15, 0.2) is 0 Å². The fraction of sp³-hybridized carbons (Fsp3) is 0.320. The average Bonchev–Trinajstić information content (AvgIpc) is 2.85. The molecule has 5 N–H and O–H groups in total. The number of carboxylic acids is 2. The van der Waals surface area contributed by atoms with Gasteiger partial charge in [-0.2, -0.15) is 0 Å². The number of morpholine rings is 1. The Labute approximate surface area is 214 Å². The number of hydrogen-bond acceptors (Lipinski definition) is 7. The highest BCUT2D eigenvalue weighted by atomic mass is 35.5. The monoisotopic (exact) mass is 519 g/mol. The molecule has 1 aliphatic rings. The Kier molecular flexibility index (Phi) is 11.7. The van der Waals surface area contributed by atoms with E-state index in [1.54, 1.807) is 6.07 Å². The van der Waals surface area contributed by atoms with Crippen molar-refractivity contribution in [2.24, 2.45) is 0 Å². The Hall–Kier alpha value is -3.60. The van der Waals surface area contributed by atoms with E-state index >= 15 is 0 Å². The molecule has 1 aliphatic heterocycles. The van der Waals surface area contributed by atoms with E-state index in [-0.39, 0.29) is 12.0 Å². The summed E-state index contributed by atoms with van der Waals surface area (Å²) < 4.78 is 11.1. The van der Waals surface area contributed by atoms with Crippen LogP contribution < -0.4 is 15.8 Å². The summed E-state index contributed by atoms with van der Waals surface area (Å²) in [7, 11) is 1.50. The molecule has 3 rings (SSSR count). The summed E-state index contributed by atoms with van der Waals surface area (Å²) in [6.07, 6.45) is 1.95. The Balaban J connectivity index is 0.000000493. The van der Waals surface area contributed by atoms with Crippen molar-refractivity contribution in [3.05, 3.63) is 70.8 Å². The highest BCUT2D eigenvalue weighted by Gasteiger charge is 2.21. The molecule has 36 heavy (non-hydrogen) atoms. The van der Waals surface area contributed by atoms with Gasteiger partial charge < -0.3 is 30.7 Å². The highest BCUT2D eigenvalue weighted by Crippen LogP contribution is 2.28. The second-order valence-electron chi connectivity index (χ2n) is 7.84. The molecule has 0 saturated carbocycles. The average molecular weight is 520 g/mol. The van der Waals surface area contributed by atoms with Gasteiger partial charge in [-0.15, -0.1) is 0 Å².